The summed E-state index contributed by atoms with van der Waals surface area (Å²) in [5.41, 5.74) is 1.38. The molecule has 2 aromatic rings. The van der Waals surface area contributed by atoms with E-state index in [9.17, 15) is 9.59 Å². The number of ether oxygens (including phenoxy) is 4. The fourth-order valence-electron chi connectivity index (χ4n) is 3.24. The molecule has 8 heteroatoms. The molecule has 8 nitrogen and oxygen atoms in total. The van der Waals surface area contributed by atoms with Gasteiger partial charge in [0, 0.05) is 24.3 Å². The molecular formula is C23H28N2O6. The van der Waals surface area contributed by atoms with E-state index >= 15 is 0 Å². The lowest BCUT2D eigenvalue weighted by molar-refractivity contribution is -0.124. The monoisotopic (exact) mass is 428 g/mol. The highest BCUT2D eigenvalue weighted by atomic mass is 16.5. The normalized spacial score (nSPS) is 15.3. The molecular weight excluding hydrogens is 400 g/mol. The van der Waals surface area contributed by atoms with E-state index in [2.05, 4.69) is 10.6 Å². The summed E-state index contributed by atoms with van der Waals surface area (Å²) in [5.74, 6) is 0.993. The maximum atomic E-state index is 12.7. The van der Waals surface area contributed by atoms with Crippen LogP contribution in [0.15, 0.2) is 36.4 Å². The van der Waals surface area contributed by atoms with Crippen molar-refractivity contribution in [3.63, 3.8) is 0 Å². The van der Waals surface area contributed by atoms with Crippen LogP contribution in [0.5, 0.6) is 17.2 Å². The Kier molecular flexibility index (Phi) is 7.72. The summed E-state index contributed by atoms with van der Waals surface area (Å²) < 4.78 is 22.0. The highest BCUT2D eigenvalue weighted by molar-refractivity contribution is 6.06. The van der Waals surface area contributed by atoms with Gasteiger partial charge in [-0.25, -0.2) is 0 Å². The Labute approximate surface area is 181 Å². The summed E-state index contributed by atoms with van der Waals surface area (Å²) in [6.07, 6.45) is 1.07. The molecule has 0 radical (unpaired) electrons. The maximum Gasteiger partial charge on any atom is 0.255 e. The van der Waals surface area contributed by atoms with Gasteiger partial charge in [-0.2, -0.15) is 0 Å². The third kappa shape index (κ3) is 5.67. The van der Waals surface area contributed by atoms with Crippen molar-refractivity contribution in [3.8, 4) is 17.2 Å². The molecule has 0 unspecified atom stereocenters. The van der Waals surface area contributed by atoms with Gasteiger partial charge < -0.3 is 29.6 Å². The first-order valence-corrected chi connectivity index (χ1v) is 10.4. The Hall–Kier alpha value is -3.26. The third-order valence-corrected chi connectivity index (χ3v) is 4.76. The molecule has 2 N–H and O–H groups in total. The third-order valence-electron chi connectivity index (χ3n) is 4.76. The fraction of sp³-hybridized carbons (Fsp3) is 0.391. The quantitative estimate of drug-likeness (QED) is 0.630. The van der Waals surface area contributed by atoms with Crippen molar-refractivity contribution < 1.29 is 28.5 Å². The smallest absolute Gasteiger partial charge is 0.255 e. The van der Waals surface area contributed by atoms with Crippen molar-refractivity contribution in [2.45, 2.75) is 32.8 Å². The predicted molar refractivity (Wildman–Crippen MR) is 117 cm³/mol. The predicted octanol–water partition coefficient (Wildman–Crippen LogP) is 3.86. The maximum absolute atomic E-state index is 12.7. The standard InChI is InChI=1S/C23H28N2O6/c1-4-29-20-14-18(25-23(27)19-7-6-12-31-19)21(30-5-2)13-17(20)24-22(26)15-8-10-16(28-3)11-9-15/h8-11,13-14,19H,4-7,12H2,1-3H3,(H,24,26)(H,25,27)/t19-/m1/s1. The minimum atomic E-state index is -0.473. The van der Waals surface area contributed by atoms with Crippen LogP contribution in [0.3, 0.4) is 0 Å². The van der Waals surface area contributed by atoms with Crippen LogP contribution in [0.1, 0.15) is 37.0 Å². The van der Waals surface area contributed by atoms with Crippen LogP contribution >= 0.6 is 0 Å². The number of carbonyl (C=O) groups excluding carboxylic acids is 2. The first-order valence-electron chi connectivity index (χ1n) is 10.4. The number of hydrogen-bond acceptors (Lipinski definition) is 6. The van der Waals surface area contributed by atoms with Gasteiger partial charge in [0.05, 0.1) is 31.7 Å². The molecule has 31 heavy (non-hydrogen) atoms. The van der Waals surface area contributed by atoms with Crippen molar-refractivity contribution in [1.29, 1.82) is 0 Å². The van der Waals surface area contributed by atoms with Crippen molar-refractivity contribution in [2.75, 3.05) is 37.6 Å². The molecule has 1 heterocycles. The van der Waals surface area contributed by atoms with Gasteiger partial charge in [0.1, 0.15) is 23.4 Å². The topological polar surface area (TPSA) is 95.1 Å². The molecule has 1 aliphatic heterocycles. The molecule has 1 saturated heterocycles. The summed E-state index contributed by atoms with van der Waals surface area (Å²) in [7, 11) is 1.57. The van der Waals surface area contributed by atoms with Gasteiger partial charge >= 0.3 is 0 Å². The molecule has 0 aliphatic carbocycles. The molecule has 0 bridgehead atoms. The second-order valence-electron chi connectivity index (χ2n) is 6.88. The minimum absolute atomic E-state index is 0.226. The van der Waals surface area contributed by atoms with Gasteiger partial charge in [0.2, 0.25) is 0 Å². The highest BCUT2D eigenvalue weighted by Gasteiger charge is 2.25. The van der Waals surface area contributed by atoms with Gasteiger partial charge in [0.15, 0.2) is 0 Å². The van der Waals surface area contributed by atoms with Crippen LogP contribution in [-0.2, 0) is 9.53 Å². The number of benzene rings is 2. The SMILES string of the molecule is CCOc1cc(NC(=O)[C@H]2CCCO2)c(OCC)cc1NC(=O)c1ccc(OC)cc1. The summed E-state index contributed by atoms with van der Waals surface area (Å²) in [6.45, 7) is 5.05. The minimum Gasteiger partial charge on any atom is -0.497 e. The van der Waals surface area contributed by atoms with E-state index in [0.29, 0.717) is 60.4 Å². The number of rotatable bonds is 9. The average Bonchev–Trinajstić information content (AvgIpc) is 3.32. The summed E-state index contributed by atoms with van der Waals surface area (Å²) in [4.78, 5) is 25.3. The Morgan fingerprint density at radius 3 is 2.13 bits per heavy atom. The number of amides is 2. The van der Waals surface area contributed by atoms with E-state index in [4.69, 9.17) is 18.9 Å². The van der Waals surface area contributed by atoms with Gasteiger partial charge in [-0.15, -0.1) is 0 Å². The zero-order chi connectivity index (χ0) is 22.2. The molecule has 2 amide bonds. The van der Waals surface area contributed by atoms with E-state index in [0.717, 1.165) is 6.42 Å². The zero-order valence-corrected chi connectivity index (χ0v) is 18.0. The van der Waals surface area contributed by atoms with Crippen LogP contribution in [0, 0.1) is 0 Å². The Morgan fingerprint density at radius 2 is 1.61 bits per heavy atom. The first-order chi connectivity index (χ1) is 15.0. The summed E-state index contributed by atoms with van der Waals surface area (Å²) in [6, 6.07) is 10.1. The van der Waals surface area contributed by atoms with Crippen molar-refractivity contribution in [1.82, 2.24) is 0 Å². The van der Waals surface area contributed by atoms with Gasteiger partial charge in [-0.05, 0) is 51.0 Å². The molecule has 0 saturated carbocycles. The number of hydrogen-bond donors (Lipinski definition) is 2. The lowest BCUT2D eigenvalue weighted by Gasteiger charge is -2.19. The molecule has 2 aromatic carbocycles. The van der Waals surface area contributed by atoms with Crippen LogP contribution in [0.25, 0.3) is 0 Å². The van der Waals surface area contributed by atoms with E-state index < -0.39 is 6.10 Å². The number of nitrogens with one attached hydrogen (secondary N) is 2. The van der Waals surface area contributed by atoms with Crippen molar-refractivity contribution in [3.05, 3.63) is 42.0 Å². The molecule has 0 aromatic heterocycles. The van der Waals surface area contributed by atoms with Crippen molar-refractivity contribution >= 4 is 23.2 Å². The van der Waals surface area contributed by atoms with Crippen LogP contribution in [0.2, 0.25) is 0 Å². The fourth-order valence-corrected chi connectivity index (χ4v) is 3.24. The number of anilines is 2. The lowest BCUT2D eigenvalue weighted by atomic mass is 10.1. The largest absolute Gasteiger partial charge is 0.497 e. The second kappa shape index (κ2) is 10.7. The van der Waals surface area contributed by atoms with Crippen LogP contribution in [0.4, 0.5) is 11.4 Å². The van der Waals surface area contributed by atoms with E-state index in [1.807, 2.05) is 13.8 Å². The van der Waals surface area contributed by atoms with E-state index in [-0.39, 0.29) is 11.8 Å². The molecule has 0 spiro atoms. The average molecular weight is 428 g/mol. The second-order valence-corrected chi connectivity index (χ2v) is 6.88. The Bertz CT molecular complexity index is 907. The van der Waals surface area contributed by atoms with Gasteiger partial charge in [-0.1, -0.05) is 0 Å². The van der Waals surface area contributed by atoms with Crippen LogP contribution in [-0.4, -0.2) is 44.8 Å². The summed E-state index contributed by atoms with van der Waals surface area (Å²) in [5, 5.41) is 5.73. The van der Waals surface area contributed by atoms with E-state index in [1.165, 1.54) is 0 Å². The lowest BCUT2D eigenvalue weighted by Crippen LogP contribution is -2.27. The first kappa shape index (κ1) is 22.4. The zero-order valence-electron chi connectivity index (χ0n) is 18.0. The van der Waals surface area contributed by atoms with Crippen molar-refractivity contribution in [2.24, 2.45) is 0 Å². The molecule has 3 rings (SSSR count). The summed E-state index contributed by atoms with van der Waals surface area (Å²) >= 11 is 0. The number of methoxy groups -OCH3 is 1. The van der Waals surface area contributed by atoms with E-state index in [1.54, 1.807) is 43.5 Å². The number of carbonyl (C=O) groups is 2. The molecule has 1 aliphatic rings. The Balaban J connectivity index is 1.86. The molecule has 1 fully saturated rings. The van der Waals surface area contributed by atoms with Gasteiger partial charge in [-0.3, -0.25) is 9.59 Å². The molecule has 166 valence electrons. The molecule has 1 atom stereocenters. The highest BCUT2D eigenvalue weighted by Crippen LogP contribution is 2.37. The van der Waals surface area contributed by atoms with Gasteiger partial charge in [0.25, 0.3) is 11.8 Å². The Morgan fingerprint density at radius 1 is 1.00 bits per heavy atom. The van der Waals surface area contributed by atoms with Crippen LogP contribution < -0.4 is 24.8 Å².